The maximum atomic E-state index is 13.3. The molecule has 1 atom stereocenters. The van der Waals surface area contributed by atoms with Gasteiger partial charge in [-0.25, -0.2) is 4.39 Å². The Balaban J connectivity index is 2.26. The quantitative estimate of drug-likeness (QED) is 0.893. The molecule has 100 valence electrons. The fourth-order valence-corrected chi connectivity index (χ4v) is 2.59. The monoisotopic (exact) mass is 322 g/mol. The third-order valence-corrected chi connectivity index (χ3v) is 3.81. The van der Waals surface area contributed by atoms with E-state index in [1.165, 1.54) is 6.07 Å². The number of benzene rings is 2. The van der Waals surface area contributed by atoms with Crippen LogP contribution < -0.4 is 0 Å². The van der Waals surface area contributed by atoms with Crippen molar-refractivity contribution in [3.8, 4) is 0 Å². The van der Waals surface area contributed by atoms with Gasteiger partial charge in [0.05, 0.1) is 6.61 Å². The van der Waals surface area contributed by atoms with Gasteiger partial charge in [-0.15, -0.1) is 0 Å². The summed E-state index contributed by atoms with van der Waals surface area (Å²) < 4.78 is 14.3. The summed E-state index contributed by atoms with van der Waals surface area (Å²) in [5.41, 5.74) is 3.05. The molecular weight excluding hydrogens is 307 g/mol. The highest BCUT2D eigenvalue weighted by Crippen LogP contribution is 2.25. The molecule has 0 fully saturated rings. The Morgan fingerprint density at radius 3 is 2.68 bits per heavy atom. The maximum absolute atomic E-state index is 13.3. The molecular formula is C16H16BrFO. The molecule has 2 aromatic carbocycles. The molecule has 0 saturated heterocycles. The van der Waals surface area contributed by atoms with Gasteiger partial charge in [0.25, 0.3) is 0 Å². The van der Waals surface area contributed by atoms with E-state index in [9.17, 15) is 9.50 Å². The van der Waals surface area contributed by atoms with E-state index in [2.05, 4.69) is 15.9 Å². The number of halogens is 2. The number of aryl methyl sites for hydroxylation is 1. The lowest BCUT2D eigenvalue weighted by molar-refractivity contribution is 0.264. The summed E-state index contributed by atoms with van der Waals surface area (Å²) in [6.45, 7) is 2.01. The molecule has 0 aliphatic carbocycles. The van der Waals surface area contributed by atoms with Gasteiger partial charge in [-0.3, -0.25) is 0 Å². The van der Waals surface area contributed by atoms with E-state index in [1.807, 2.05) is 31.2 Å². The minimum Gasteiger partial charge on any atom is -0.396 e. The molecule has 0 aliphatic heterocycles. The number of hydrogen-bond donors (Lipinski definition) is 1. The molecule has 0 spiro atoms. The van der Waals surface area contributed by atoms with Gasteiger partial charge < -0.3 is 5.11 Å². The van der Waals surface area contributed by atoms with Crippen LogP contribution in [0, 0.1) is 12.7 Å². The van der Waals surface area contributed by atoms with Crippen LogP contribution in [0.4, 0.5) is 4.39 Å². The van der Waals surface area contributed by atoms with E-state index < -0.39 is 0 Å². The van der Waals surface area contributed by atoms with E-state index in [0.29, 0.717) is 6.42 Å². The fraction of sp³-hybridized carbons (Fsp3) is 0.250. The average Bonchev–Trinajstić information content (AvgIpc) is 2.39. The van der Waals surface area contributed by atoms with Crippen LogP contribution in [0.25, 0.3) is 0 Å². The van der Waals surface area contributed by atoms with E-state index in [4.69, 9.17) is 0 Å². The van der Waals surface area contributed by atoms with Crippen molar-refractivity contribution in [3.63, 3.8) is 0 Å². The normalized spacial score (nSPS) is 12.4. The predicted molar refractivity (Wildman–Crippen MR) is 78.8 cm³/mol. The molecule has 0 amide bonds. The van der Waals surface area contributed by atoms with Crippen molar-refractivity contribution < 1.29 is 9.50 Å². The van der Waals surface area contributed by atoms with Crippen molar-refractivity contribution in [3.05, 3.63) is 69.4 Å². The molecule has 19 heavy (non-hydrogen) atoms. The molecule has 0 saturated carbocycles. The SMILES string of the molecule is Cc1ccc(F)cc1CC(CO)c1cccc(Br)c1. The topological polar surface area (TPSA) is 20.2 Å². The summed E-state index contributed by atoms with van der Waals surface area (Å²) in [6.07, 6.45) is 0.635. The van der Waals surface area contributed by atoms with Crippen molar-refractivity contribution in [1.29, 1.82) is 0 Å². The van der Waals surface area contributed by atoms with Crippen molar-refractivity contribution in [2.45, 2.75) is 19.3 Å². The molecule has 1 nitrogen and oxygen atoms in total. The smallest absolute Gasteiger partial charge is 0.123 e. The molecule has 2 rings (SSSR count). The lowest BCUT2D eigenvalue weighted by Gasteiger charge is -2.16. The third-order valence-electron chi connectivity index (χ3n) is 3.32. The van der Waals surface area contributed by atoms with Crippen LogP contribution in [0.3, 0.4) is 0 Å². The number of aliphatic hydroxyl groups is 1. The van der Waals surface area contributed by atoms with Crippen LogP contribution in [-0.2, 0) is 6.42 Å². The molecule has 1 N–H and O–H groups in total. The van der Waals surface area contributed by atoms with Gasteiger partial charge in [0.1, 0.15) is 5.82 Å². The van der Waals surface area contributed by atoms with Crippen molar-refractivity contribution >= 4 is 15.9 Å². The molecule has 1 unspecified atom stereocenters. The highest BCUT2D eigenvalue weighted by Gasteiger charge is 2.13. The van der Waals surface area contributed by atoms with Crippen LogP contribution in [0.1, 0.15) is 22.6 Å². The lowest BCUT2D eigenvalue weighted by Crippen LogP contribution is -2.09. The summed E-state index contributed by atoms with van der Waals surface area (Å²) >= 11 is 3.43. The van der Waals surface area contributed by atoms with Crippen molar-refractivity contribution in [2.75, 3.05) is 6.61 Å². The van der Waals surface area contributed by atoms with Crippen molar-refractivity contribution in [1.82, 2.24) is 0 Å². The Labute approximate surface area is 121 Å². The molecule has 0 aromatic heterocycles. The second kappa shape index (κ2) is 6.31. The Bertz CT molecular complexity index is 568. The fourth-order valence-electron chi connectivity index (χ4n) is 2.17. The number of aliphatic hydroxyl groups excluding tert-OH is 1. The summed E-state index contributed by atoms with van der Waals surface area (Å²) in [4.78, 5) is 0. The minimum absolute atomic E-state index is 0.0157. The van der Waals surface area contributed by atoms with E-state index >= 15 is 0 Å². The van der Waals surface area contributed by atoms with Gasteiger partial charge in [-0.2, -0.15) is 0 Å². The summed E-state index contributed by atoms with van der Waals surface area (Å²) in [5, 5.41) is 9.58. The Hall–Kier alpha value is -1.19. The molecule has 3 heteroatoms. The molecule has 0 heterocycles. The van der Waals surface area contributed by atoms with Crippen LogP contribution >= 0.6 is 15.9 Å². The highest BCUT2D eigenvalue weighted by molar-refractivity contribution is 9.10. The van der Waals surface area contributed by atoms with E-state index in [-0.39, 0.29) is 18.3 Å². The zero-order valence-corrected chi connectivity index (χ0v) is 12.3. The first kappa shape index (κ1) is 14.2. The van der Waals surface area contributed by atoms with Gasteiger partial charge in [-0.1, -0.05) is 34.1 Å². The first-order chi connectivity index (χ1) is 9.10. The van der Waals surface area contributed by atoms with Crippen LogP contribution in [-0.4, -0.2) is 11.7 Å². The number of hydrogen-bond acceptors (Lipinski definition) is 1. The first-order valence-electron chi connectivity index (χ1n) is 6.21. The average molecular weight is 323 g/mol. The second-order valence-electron chi connectivity index (χ2n) is 4.71. The second-order valence-corrected chi connectivity index (χ2v) is 5.63. The third kappa shape index (κ3) is 3.64. The van der Waals surface area contributed by atoms with Crippen LogP contribution in [0.15, 0.2) is 46.9 Å². The maximum Gasteiger partial charge on any atom is 0.123 e. The largest absolute Gasteiger partial charge is 0.396 e. The summed E-state index contributed by atoms with van der Waals surface area (Å²) in [5.74, 6) is -0.246. The molecule has 2 aromatic rings. The molecule has 0 aliphatic rings. The zero-order valence-electron chi connectivity index (χ0n) is 10.7. The van der Waals surface area contributed by atoms with Gasteiger partial charge in [0.2, 0.25) is 0 Å². The van der Waals surface area contributed by atoms with Gasteiger partial charge >= 0.3 is 0 Å². The lowest BCUT2D eigenvalue weighted by atomic mass is 9.91. The van der Waals surface area contributed by atoms with Gasteiger partial charge in [0.15, 0.2) is 0 Å². The minimum atomic E-state index is -0.230. The van der Waals surface area contributed by atoms with E-state index in [0.717, 1.165) is 21.2 Å². The molecule has 0 bridgehead atoms. The Morgan fingerprint density at radius 2 is 2.00 bits per heavy atom. The Kier molecular flexibility index (Phi) is 4.72. The summed E-state index contributed by atoms with van der Waals surface area (Å²) in [6, 6.07) is 12.7. The van der Waals surface area contributed by atoms with Gasteiger partial charge in [0, 0.05) is 10.4 Å². The highest BCUT2D eigenvalue weighted by atomic mass is 79.9. The summed E-state index contributed by atoms with van der Waals surface area (Å²) in [7, 11) is 0. The van der Waals surface area contributed by atoms with E-state index in [1.54, 1.807) is 12.1 Å². The first-order valence-corrected chi connectivity index (χ1v) is 7.01. The predicted octanol–water partition coefficient (Wildman–Crippen LogP) is 4.22. The van der Waals surface area contributed by atoms with Crippen LogP contribution in [0.5, 0.6) is 0 Å². The Morgan fingerprint density at radius 1 is 1.21 bits per heavy atom. The zero-order chi connectivity index (χ0) is 13.8. The molecule has 0 radical (unpaired) electrons. The van der Waals surface area contributed by atoms with Gasteiger partial charge in [-0.05, 0) is 54.3 Å². The van der Waals surface area contributed by atoms with Crippen LogP contribution in [0.2, 0.25) is 0 Å². The standard InChI is InChI=1S/C16H16BrFO/c1-11-5-6-16(18)9-13(11)7-14(10-19)12-3-2-4-15(17)8-12/h2-6,8-9,14,19H,7,10H2,1H3. The number of rotatable bonds is 4. The van der Waals surface area contributed by atoms with Crippen molar-refractivity contribution in [2.24, 2.45) is 0 Å².